The Morgan fingerprint density at radius 2 is 1.56 bits per heavy atom. The van der Waals surface area contributed by atoms with Gasteiger partial charge in [-0.2, -0.15) is 0 Å². The van der Waals surface area contributed by atoms with Crippen molar-refractivity contribution in [3.63, 3.8) is 0 Å². The Labute approximate surface area is 197 Å². The van der Waals surface area contributed by atoms with Crippen molar-refractivity contribution in [3.8, 4) is 0 Å². The Bertz CT molecular complexity index is 786. The van der Waals surface area contributed by atoms with E-state index in [1.807, 2.05) is 0 Å². The molecule has 0 spiro atoms. The van der Waals surface area contributed by atoms with Gasteiger partial charge >= 0.3 is 0 Å². The number of fused-ring (bicyclic) bond motifs is 7. The van der Waals surface area contributed by atoms with E-state index >= 15 is 0 Å². The molecule has 0 aliphatic heterocycles. The van der Waals surface area contributed by atoms with Gasteiger partial charge < -0.3 is 5.11 Å². The van der Waals surface area contributed by atoms with Gasteiger partial charge in [0.05, 0.1) is 0 Å². The zero-order chi connectivity index (χ0) is 23.3. The van der Waals surface area contributed by atoms with E-state index in [0.29, 0.717) is 51.8 Å². The first-order valence-corrected chi connectivity index (χ1v) is 14.0. The van der Waals surface area contributed by atoms with Crippen LogP contribution in [0.2, 0.25) is 0 Å². The average Bonchev–Trinajstić information content (AvgIpc) is 3.09. The van der Waals surface area contributed by atoms with Crippen molar-refractivity contribution < 1.29 is 9.90 Å². The maximum atomic E-state index is 12.9. The van der Waals surface area contributed by atoms with Gasteiger partial charge in [0.2, 0.25) is 0 Å². The first-order valence-electron chi connectivity index (χ1n) is 14.0. The van der Waals surface area contributed by atoms with Gasteiger partial charge in [0.15, 0.2) is 0 Å². The lowest BCUT2D eigenvalue weighted by Crippen LogP contribution is -2.66. The van der Waals surface area contributed by atoms with Crippen LogP contribution in [0.3, 0.4) is 0 Å². The summed E-state index contributed by atoms with van der Waals surface area (Å²) in [6.07, 6.45) is 12.7. The third kappa shape index (κ3) is 2.71. The van der Waals surface area contributed by atoms with Gasteiger partial charge in [0.25, 0.3) is 0 Å². The molecule has 0 bridgehead atoms. The lowest BCUT2D eigenvalue weighted by Gasteiger charge is -2.72. The zero-order valence-corrected chi connectivity index (χ0v) is 22.1. The zero-order valence-electron chi connectivity index (χ0n) is 22.1. The van der Waals surface area contributed by atoms with Gasteiger partial charge in [0.1, 0.15) is 5.78 Å². The Morgan fingerprint density at radius 3 is 2.25 bits per heavy atom. The van der Waals surface area contributed by atoms with Crippen LogP contribution in [0.25, 0.3) is 0 Å². The average molecular weight is 443 g/mol. The van der Waals surface area contributed by atoms with E-state index in [0.717, 1.165) is 30.6 Å². The smallest absolute Gasteiger partial charge is 0.138 e. The molecule has 0 saturated heterocycles. The Hall–Kier alpha value is -0.370. The summed E-state index contributed by atoms with van der Waals surface area (Å²) in [6.45, 7) is 17.8. The van der Waals surface area contributed by atoms with Crippen LogP contribution in [-0.4, -0.2) is 17.5 Å². The number of Topliss-reactive ketones (excluding diaryl/α,β-unsaturated/α-hetero) is 1. The van der Waals surface area contributed by atoms with Gasteiger partial charge in [-0.05, 0) is 115 Å². The van der Waals surface area contributed by atoms with Crippen molar-refractivity contribution in [1.82, 2.24) is 0 Å². The molecular weight excluding hydrogens is 392 g/mol. The van der Waals surface area contributed by atoms with E-state index in [4.69, 9.17) is 0 Å². The normalized spacial score (nSPS) is 55.4. The fourth-order valence-electron chi connectivity index (χ4n) is 11.6. The maximum absolute atomic E-state index is 12.9. The Balaban J connectivity index is 1.53. The molecule has 0 radical (unpaired) electrons. The van der Waals surface area contributed by atoms with Crippen LogP contribution >= 0.6 is 0 Å². The number of aliphatic hydroxyl groups excluding tert-OH is 1. The summed E-state index contributed by atoms with van der Waals surface area (Å²) in [5.41, 5.74) is 1.44. The van der Waals surface area contributed by atoms with E-state index in [9.17, 15) is 9.90 Å². The van der Waals surface area contributed by atoms with Crippen LogP contribution in [0.5, 0.6) is 0 Å². The van der Waals surface area contributed by atoms with Crippen molar-refractivity contribution >= 4 is 5.78 Å². The quantitative estimate of drug-likeness (QED) is 0.487. The van der Waals surface area contributed by atoms with E-state index in [1.165, 1.54) is 51.4 Å². The molecule has 2 heteroatoms. The number of ketones is 1. The standard InChI is InChI=1S/C30H50O2/c1-19(18-31)20-10-13-27(4)16-17-29(6)21(25(20)27)8-9-23-28(5)14-12-24(32)26(2,3)22(28)11-15-30(23,29)7/h19-23,25,31H,8-18H2,1-7H3. The SMILES string of the molecule is CC(CO)C1CCC2(C)CCC3(C)C(CCC4C5(C)CCC(=O)C(C)(C)C5CCC43C)C12. The predicted octanol–water partition coefficient (Wildman–Crippen LogP) is 7.29. The van der Waals surface area contributed by atoms with Gasteiger partial charge in [-0.15, -0.1) is 0 Å². The van der Waals surface area contributed by atoms with E-state index < -0.39 is 0 Å². The fourth-order valence-corrected chi connectivity index (χ4v) is 11.6. The molecule has 10 unspecified atom stereocenters. The van der Waals surface area contributed by atoms with E-state index in [1.54, 1.807) is 0 Å². The number of rotatable bonds is 2. The second kappa shape index (κ2) is 7.08. The largest absolute Gasteiger partial charge is 0.396 e. The van der Waals surface area contributed by atoms with Crippen molar-refractivity contribution in [3.05, 3.63) is 0 Å². The predicted molar refractivity (Wildman–Crippen MR) is 131 cm³/mol. The van der Waals surface area contributed by atoms with Gasteiger partial charge in [-0.3, -0.25) is 4.79 Å². The first-order chi connectivity index (χ1) is 14.8. The van der Waals surface area contributed by atoms with Crippen molar-refractivity contribution in [2.24, 2.45) is 62.6 Å². The molecule has 10 atom stereocenters. The fraction of sp³-hybridized carbons (Fsp3) is 0.967. The van der Waals surface area contributed by atoms with Crippen LogP contribution in [0.15, 0.2) is 0 Å². The third-order valence-corrected chi connectivity index (χ3v) is 13.7. The Morgan fingerprint density at radius 1 is 0.844 bits per heavy atom. The number of carbonyl (C=O) groups excluding carboxylic acids is 1. The van der Waals surface area contributed by atoms with Gasteiger partial charge in [-0.1, -0.05) is 48.5 Å². The lowest BCUT2D eigenvalue weighted by molar-refractivity contribution is -0.234. The van der Waals surface area contributed by atoms with Crippen LogP contribution in [0.4, 0.5) is 0 Å². The summed E-state index contributed by atoms with van der Waals surface area (Å²) in [5, 5.41) is 10.1. The highest BCUT2D eigenvalue weighted by molar-refractivity contribution is 5.85. The molecule has 0 aromatic carbocycles. The second-order valence-electron chi connectivity index (χ2n) is 14.9. The minimum atomic E-state index is -0.148. The van der Waals surface area contributed by atoms with Gasteiger partial charge in [-0.25, -0.2) is 0 Å². The third-order valence-electron chi connectivity index (χ3n) is 13.7. The highest BCUT2D eigenvalue weighted by Crippen LogP contribution is 2.77. The number of hydrogen-bond donors (Lipinski definition) is 1. The minimum Gasteiger partial charge on any atom is -0.396 e. The molecule has 182 valence electrons. The molecule has 32 heavy (non-hydrogen) atoms. The van der Waals surface area contributed by atoms with Crippen LogP contribution in [0, 0.1) is 62.6 Å². The minimum absolute atomic E-state index is 0.148. The molecule has 1 N–H and O–H groups in total. The second-order valence-corrected chi connectivity index (χ2v) is 14.9. The summed E-state index contributed by atoms with van der Waals surface area (Å²) in [4.78, 5) is 12.9. The number of hydrogen-bond acceptors (Lipinski definition) is 2. The van der Waals surface area contributed by atoms with Crippen molar-refractivity contribution in [2.75, 3.05) is 6.61 Å². The first kappa shape index (κ1) is 23.4. The lowest BCUT2D eigenvalue weighted by atomic mass is 9.32. The summed E-state index contributed by atoms with van der Waals surface area (Å²) >= 11 is 0. The number of aliphatic hydroxyl groups is 1. The molecular formula is C30H50O2. The monoisotopic (exact) mass is 442 g/mol. The molecule has 0 aromatic rings. The molecule has 5 saturated carbocycles. The van der Waals surface area contributed by atoms with Crippen LogP contribution in [0.1, 0.15) is 113 Å². The molecule has 5 aliphatic carbocycles. The summed E-state index contributed by atoms with van der Waals surface area (Å²) in [6, 6.07) is 0. The molecule has 2 nitrogen and oxygen atoms in total. The van der Waals surface area contributed by atoms with E-state index in [2.05, 4.69) is 48.5 Å². The summed E-state index contributed by atoms with van der Waals surface area (Å²) in [7, 11) is 0. The molecule has 0 amide bonds. The summed E-state index contributed by atoms with van der Waals surface area (Å²) in [5.74, 6) is 4.56. The van der Waals surface area contributed by atoms with E-state index in [-0.39, 0.29) is 5.41 Å². The Kier molecular flexibility index (Phi) is 5.17. The maximum Gasteiger partial charge on any atom is 0.138 e. The summed E-state index contributed by atoms with van der Waals surface area (Å²) < 4.78 is 0. The molecule has 0 heterocycles. The topological polar surface area (TPSA) is 37.3 Å². The van der Waals surface area contributed by atoms with Gasteiger partial charge in [0, 0.05) is 18.4 Å². The van der Waals surface area contributed by atoms with Crippen molar-refractivity contribution in [1.29, 1.82) is 0 Å². The molecule has 5 rings (SSSR count). The highest BCUT2D eigenvalue weighted by atomic mass is 16.3. The van der Waals surface area contributed by atoms with Crippen molar-refractivity contribution in [2.45, 2.75) is 113 Å². The van der Waals surface area contributed by atoms with Crippen LogP contribution in [-0.2, 0) is 4.79 Å². The van der Waals surface area contributed by atoms with Crippen LogP contribution < -0.4 is 0 Å². The number of carbonyl (C=O) groups is 1. The highest BCUT2D eigenvalue weighted by Gasteiger charge is 2.70. The molecule has 5 aliphatic rings. The molecule has 0 aromatic heterocycles. The molecule has 5 fully saturated rings.